The van der Waals surface area contributed by atoms with Crippen LogP contribution in [0.3, 0.4) is 0 Å². The molecular weight excluding hydrogens is 294 g/mol. The molecule has 114 valence electrons. The van der Waals surface area contributed by atoms with Crippen LogP contribution in [0.5, 0.6) is 0 Å². The first kappa shape index (κ1) is 14.8. The van der Waals surface area contributed by atoms with Crippen LogP contribution in [0, 0.1) is 6.92 Å². The largest absolute Gasteiger partial charge is 0.380 e. The molecule has 1 fully saturated rings. The molecule has 1 amide bonds. The number of thiazole rings is 1. The van der Waals surface area contributed by atoms with Gasteiger partial charge in [-0.05, 0) is 31.6 Å². The highest BCUT2D eigenvalue weighted by Crippen LogP contribution is 2.16. The summed E-state index contributed by atoms with van der Waals surface area (Å²) in [5.74, 6) is 0.0583. The molecule has 4 nitrogen and oxygen atoms in total. The third kappa shape index (κ3) is 3.74. The van der Waals surface area contributed by atoms with Crippen LogP contribution in [0.25, 0.3) is 6.08 Å². The van der Waals surface area contributed by atoms with E-state index in [1.54, 1.807) is 23.5 Å². The standard InChI is InChI=1S/C17H19N3OS/c1-13-18-16(12-22-13)7-8-17(21)20-10-9-15(11-20)19-14-5-3-2-4-6-14/h2-8,12,15,19H,9-11H2,1H3/b8-7-/t15-/m1/s1. The Morgan fingerprint density at radius 2 is 2.23 bits per heavy atom. The van der Waals surface area contributed by atoms with Gasteiger partial charge in [0.25, 0.3) is 0 Å². The second-order valence-corrected chi connectivity index (χ2v) is 6.47. The zero-order valence-corrected chi connectivity index (χ0v) is 13.3. The number of hydrogen-bond acceptors (Lipinski definition) is 4. The summed E-state index contributed by atoms with van der Waals surface area (Å²) in [4.78, 5) is 18.4. The second-order valence-electron chi connectivity index (χ2n) is 5.40. The van der Waals surface area contributed by atoms with Crippen LogP contribution in [0.4, 0.5) is 5.69 Å². The topological polar surface area (TPSA) is 45.2 Å². The van der Waals surface area contributed by atoms with Gasteiger partial charge < -0.3 is 10.2 Å². The molecule has 0 bridgehead atoms. The van der Waals surface area contributed by atoms with Gasteiger partial charge in [0.1, 0.15) is 0 Å². The molecule has 0 aliphatic carbocycles. The monoisotopic (exact) mass is 313 g/mol. The molecule has 0 unspecified atom stereocenters. The molecule has 0 saturated carbocycles. The van der Waals surface area contributed by atoms with Crippen molar-refractivity contribution in [1.82, 2.24) is 9.88 Å². The van der Waals surface area contributed by atoms with E-state index in [0.29, 0.717) is 6.04 Å². The maximum absolute atomic E-state index is 12.2. The first-order valence-corrected chi connectivity index (χ1v) is 8.29. The number of hydrogen-bond donors (Lipinski definition) is 1. The summed E-state index contributed by atoms with van der Waals surface area (Å²) in [7, 11) is 0. The van der Waals surface area contributed by atoms with Crippen LogP contribution >= 0.6 is 11.3 Å². The summed E-state index contributed by atoms with van der Waals surface area (Å²) in [6, 6.07) is 10.4. The van der Waals surface area contributed by atoms with E-state index >= 15 is 0 Å². The van der Waals surface area contributed by atoms with Crippen molar-refractivity contribution in [3.8, 4) is 0 Å². The molecule has 0 spiro atoms. The molecule has 22 heavy (non-hydrogen) atoms. The number of rotatable bonds is 4. The van der Waals surface area contributed by atoms with Crippen LogP contribution in [0.15, 0.2) is 41.8 Å². The third-order valence-corrected chi connectivity index (χ3v) is 4.47. The van der Waals surface area contributed by atoms with E-state index < -0.39 is 0 Å². The SMILES string of the molecule is Cc1nc(/C=C\C(=O)N2CC[C@@H](Nc3ccccc3)C2)cs1. The summed E-state index contributed by atoms with van der Waals surface area (Å²) in [6.45, 7) is 3.50. The van der Waals surface area contributed by atoms with Crippen molar-refractivity contribution < 1.29 is 4.79 Å². The first-order valence-electron chi connectivity index (χ1n) is 7.41. The number of likely N-dealkylation sites (tertiary alicyclic amines) is 1. The number of benzene rings is 1. The number of anilines is 1. The van der Waals surface area contributed by atoms with Crippen LogP contribution in [-0.2, 0) is 4.79 Å². The van der Waals surface area contributed by atoms with Crippen LogP contribution in [0.1, 0.15) is 17.1 Å². The average molecular weight is 313 g/mol. The summed E-state index contributed by atoms with van der Waals surface area (Å²) in [5, 5.41) is 6.45. The fourth-order valence-corrected chi connectivity index (χ4v) is 3.15. The molecule has 2 aromatic rings. The number of aromatic nitrogens is 1. The minimum absolute atomic E-state index is 0.0583. The predicted molar refractivity (Wildman–Crippen MR) is 90.9 cm³/mol. The Bertz CT molecular complexity index is 666. The van der Waals surface area contributed by atoms with Crippen LogP contribution in [-0.4, -0.2) is 34.9 Å². The van der Waals surface area contributed by atoms with E-state index in [0.717, 1.165) is 35.9 Å². The van der Waals surface area contributed by atoms with Gasteiger partial charge in [-0.3, -0.25) is 4.79 Å². The first-order chi connectivity index (χ1) is 10.7. The van der Waals surface area contributed by atoms with Crippen molar-refractivity contribution >= 4 is 29.0 Å². The fraction of sp³-hybridized carbons (Fsp3) is 0.294. The third-order valence-electron chi connectivity index (χ3n) is 3.68. The van der Waals surface area contributed by atoms with Crippen LogP contribution in [0.2, 0.25) is 0 Å². The fourth-order valence-electron chi connectivity index (χ4n) is 2.57. The lowest BCUT2D eigenvalue weighted by Gasteiger charge is -2.16. The Morgan fingerprint density at radius 3 is 2.95 bits per heavy atom. The number of aryl methyl sites for hydroxylation is 1. The number of nitrogens with zero attached hydrogens (tertiary/aromatic N) is 2. The zero-order valence-electron chi connectivity index (χ0n) is 12.5. The Morgan fingerprint density at radius 1 is 1.41 bits per heavy atom. The molecule has 2 heterocycles. The molecular formula is C17H19N3OS. The highest BCUT2D eigenvalue weighted by Gasteiger charge is 2.24. The molecule has 5 heteroatoms. The van der Waals surface area contributed by atoms with Gasteiger partial charge >= 0.3 is 0 Å². The van der Waals surface area contributed by atoms with Crippen molar-refractivity contribution in [3.05, 3.63) is 52.5 Å². The van der Waals surface area contributed by atoms with Crippen molar-refractivity contribution in [1.29, 1.82) is 0 Å². The van der Waals surface area contributed by atoms with Gasteiger partial charge in [0.05, 0.1) is 10.7 Å². The van der Waals surface area contributed by atoms with Gasteiger partial charge in [0.15, 0.2) is 0 Å². The number of carbonyl (C=O) groups is 1. The van der Waals surface area contributed by atoms with Gasteiger partial charge in [-0.2, -0.15) is 0 Å². The van der Waals surface area contributed by atoms with Gasteiger partial charge in [-0.1, -0.05) is 18.2 Å². The smallest absolute Gasteiger partial charge is 0.246 e. The maximum Gasteiger partial charge on any atom is 0.246 e. The predicted octanol–water partition coefficient (Wildman–Crippen LogP) is 3.18. The lowest BCUT2D eigenvalue weighted by atomic mass is 10.2. The Balaban J connectivity index is 1.53. The minimum Gasteiger partial charge on any atom is -0.380 e. The molecule has 3 rings (SSSR count). The highest BCUT2D eigenvalue weighted by atomic mass is 32.1. The molecule has 1 aromatic heterocycles. The van der Waals surface area contributed by atoms with E-state index in [-0.39, 0.29) is 5.91 Å². The minimum atomic E-state index is 0.0583. The summed E-state index contributed by atoms with van der Waals surface area (Å²) in [6.07, 6.45) is 4.40. The van der Waals surface area contributed by atoms with Crippen molar-refractivity contribution in [2.45, 2.75) is 19.4 Å². The van der Waals surface area contributed by atoms with E-state index in [2.05, 4.69) is 22.4 Å². The highest BCUT2D eigenvalue weighted by molar-refractivity contribution is 7.09. The van der Waals surface area contributed by atoms with E-state index in [4.69, 9.17) is 0 Å². The van der Waals surface area contributed by atoms with Gasteiger partial charge in [-0.15, -0.1) is 11.3 Å². The van der Waals surface area contributed by atoms with Crippen molar-refractivity contribution in [2.75, 3.05) is 18.4 Å². The molecule has 1 saturated heterocycles. The maximum atomic E-state index is 12.2. The summed E-state index contributed by atoms with van der Waals surface area (Å²) in [5.41, 5.74) is 1.96. The quantitative estimate of drug-likeness (QED) is 0.882. The number of amides is 1. The number of nitrogens with one attached hydrogen (secondary N) is 1. The van der Waals surface area contributed by atoms with E-state index in [1.165, 1.54) is 0 Å². The van der Waals surface area contributed by atoms with Gasteiger partial charge in [0.2, 0.25) is 5.91 Å². The Hall–Kier alpha value is -2.14. The molecule has 1 N–H and O–H groups in total. The number of carbonyl (C=O) groups excluding carboxylic acids is 1. The van der Waals surface area contributed by atoms with E-state index in [1.807, 2.05) is 35.4 Å². The Kier molecular flexibility index (Phi) is 4.53. The lowest BCUT2D eigenvalue weighted by molar-refractivity contribution is -0.124. The van der Waals surface area contributed by atoms with Gasteiger partial charge in [0, 0.05) is 36.3 Å². The van der Waals surface area contributed by atoms with Gasteiger partial charge in [-0.25, -0.2) is 4.98 Å². The normalized spacial score (nSPS) is 18.0. The zero-order chi connectivity index (χ0) is 15.4. The molecule has 1 aliphatic heterocycles. The van der Waals surface area contributed by atoms with Crippen molar-refractivity contribution in [2.24, 2.45) is 0 Å². The second kappa shape index (κ2) is 6.75. The molecule has 1 atom stereocenters. The van der Waals surface area contributed by atoms with Crippen LogP contribution < -0.4 is 5.32 Å². The molecule has 0 radical (unpaired) electrons. The Labute approximate surface area is 134 Å². The summed E-state index contributed by atoms with van der Waals surface area (Å²) >= 11 is 1.59. The molecule has 1 aromatic carbocycles. The number of para-hydroxylation sites is 1. The lowest BCUT2D eigenvalue weighted by Crippen LogP contribution is -2.30. The molecule has 1 aliphatic rings. The average Bonchev–Trinajstić information content (AvgIpc) is 3.15. The van der Waals surface area contributed by atoms with E-state index in [9.17, 15) is 4.79 Å². The van der Waals surface area contributed by atoms with Crippen molar-refractivity contribution in [3.63, 3.8) is 0 Å². The summed E-state index contributed by atoms with van der Waals surface area (Å²) < 4.78 is 0.